The largest absolute Gasteiger partial charge is 0.261 e. The molecule has 3 aliphatic rings. The predicted octanol–water partition coefficient (Wildman–Crippen LogP) is 13.9. The fourth-order valence-corrected chi connectivity index (χ4v) is 8.13. The van der Waals surface area contributed by atoms with Gasteiger partial charge in [0.15, 0.2) is 17.5 Å². The molecule has 0 saturated carbocycles. The lowest BCUT2D eigenvalue weighted by Gasteiger charge is -2.16. The Morgan fingerprint density at radius 3 is 1.47 bits per heavy atom. The Hall–Kier alpha value is -7.37. The summed E-state index contributed by atoms with van der Waals surface area (Å²) in [5, 5.41) is 0. The van der Waals surface area contributed by atoms with Crippen molar-refractivity contribution < 1.29 is 0 Å². The van der Waals surface area contributed by atoms with Crippen molar-refractivity contribution in [2.75, 3.05) is 0 Å². The molecule has 0 spiro atoms. The zero-order valence-corrected chi connectivity index (χ0v) is 33.4. The molecule has 0 radical (unpaired) electrons. The Morgan fingerprint density at radius 1 is 0.383 bits per heavy atom. The first-order valence-corrected chi connectivity index (χ1v) is 20.9. The SMILES string of the molecule is C1=CCCC(c2cc(-c3ccc(C4=CCCC=N4)cc3)cc(-c3nc(-c4ccccc4)nc(-c4cc(-c5ccccc5)cc(-c5ccc(C6=NC=CCC6)cc5)c4)n3)c2)=C1. The third-order valence-corrected chi connectivity index (χ3v) is 11.4. The number of hydrogen-bond donors (Lipinski definition) is 0. The van der Waals surface area contributed by atoms with E-state index in [4.69, 9.17) is 15.0 Å². The van der Waals surface area contributed by atoms with Crippen molar-refractivity contribution in [3.63, 3.8) is 0 Å². The second-order valence-corrected chi connectivity index (χ2v) is 15.4. The first-order chi connectivity index (χ1) is 29.7. The Bertz CT molecular complexity index is 2880. The maximum Gasteiger partial charge on any atom is 0.164 e. The summed E-state index contributed by atoms with van der Waals surface area (Å²) >= 11 is 0. The summed E-state index contributed by atoms with van der Waals surface area (Å²) in [6.45, 7) is 0. The molecule has 10 rings (SSSR count). The number of benzene rings is 6. The van der Waals surface area contributed by atoms with E-state index in [1.807, 2.05) is 30.6 Å². The molecule has 3 heterocycles. The van der Waals surface area contributed by atoms with Crippen molar-refractivity contribution in [3.05, 3.63) is 199 Å². The number of allylic oxidation sites excluding steroid dienone is 6. The lowest BCUT2D eigenvalue weighted by Crippen LogP contribution is -2.02. The van der Waals surface area contributed by atoms with E-state index in [2.05, 4.69) is 168 Å². The highest BCUT2D eigenvalue weighted by molar-refractivity contribution is 6.01. The van der Waals surface area contributed by atoms with Gasteiger partial charge in [-0.1, -0.05) is 140 Å². The van der Waals surface area contributed by atoms with Crippen LogP contribution in [-0.2, 0) is 0 Å². The molecule has 1 aromatic heterocycles. The van der Waals surface area contributed by atoms with E-state index in [0.717, 1.165) is 111 Å². The Kier molecular flexibility index (Phi) is 10.4. The van der Waals surface area contributed by atoms with Crippen LogP contribution in [0.4, 0.5) is 0 Å². The van der Waals surface area contributed by atoms with E-state index in [0.29, 0.717) is 17.5 Å². The van der Waals surface area contributed by atoms with Crippen LogP contribution in [-0.4, -0.2) is 26.9 Å². The Morgan fingerprint density at radius 2 is 0.900 bits per heavy atom. The first-order valence-electron chi connectivity index (χ1n) is 20.9. The van der Waals surface area contributed by atoms with Gasteiger partial charge in [-0.3, -0.25) is 9.98 Å². The van der Waals surface area contributed by atoms with Gasteiger partial charge in [0.05, 0.1) is 5.70 Å². The molecule has 60 heavy (non-hydrogen) atoms. The molecule has 0 atom stereocenters. The molecule has 5 nitrogen and oxygen atoms in total. The van der Waals surface area contributed by atoms with Gasteiger partial charge in [-0.15, -0.1) is 0 Å². The van der Waals surface area contributed by atoms with Gasteiger partial charge in [-0.05, 0) is 131 Å². The molecular formula is C55H43N5. The van der Waals surface area contributed by atoms with Gasteiger partial charge in [0, 0.05) is 34.8 Å². The summed E-state index contributed by atoms with van der Waals surface area (Å²) < 4.78 is 0. The molecule has 5 heteroatoms. The zero-order valence-electron chi connectivity index (χ0n) is 33.4. The highest BCUT2D eigenvalue weighted by Gasteiger charge is 2.18. The highest BCUT2D eigenvalue weighted by atomic mass is 15.0. The van der Waals surface area contributed by atoms with Gasteiger partial charge in [0.2, 0.25) is 0 Å². The number of hydrogen-bond acceptors (Lipinski definition) is 5. The van der Waals surface area contributed by atoms with E-state index in [-0.39, 0.29) is 0 Å². The molecule has 7 aromatic rings. The van der Waals surface area contributed by atoms with Crippen LogP contribution in [0.2, 0.25) is 0 Å². The fraction of sp³-hybridized carbons (Fsp3) is 0.109. The average Bonchev–Trinajstić information content (AvgIpc) is 3.35. The van der Waals surface area contributed by atoms with E-state index in [1.54, 1.807) is 0 Å². The first kappa shape index (κ1) is 36.9. The molecular weight excluding hydrogens is 731 g/mol. The van der Waals surface area contributed by atoms with Crippen LogP contribution in [0.5, 0.6) is 0 Å². The van der Waals surface area contributed by atoms with Crippen LogP contribution in [0, 0.1) is 0 Å². The van der Waals surface area contributed by atoms with Crippen molar-refractivity contribution in [2.45, 2.75) is 38.5 Å². The van der Waals surface area contributed by atoms with Gasteiger partial charge in [0.25, 0.3) is 0 Å². The van der Waals surface area contributed by atoms with Crippen LogP contribution in [0.3, 0.4) is 0 Å². The smallest absolute Gasteiger partial charge is 0.164 e. The minimum atomic E-state index is 0.621. The lowest BCUT2D eigenvalue weighted by atomic mass is 9.91. The maximum atomic E-state index is 5.34. The molecule has 0 N–H and O–H groups in total. The fourth-order valence-electron chi connectivity index (χ4n) is 8.13. The molecule has 1 aliphatic carbocycles. The summed E-state index contributed by atoms with van der Waals surface area (Å²) in [5.74, 6) is 1.88. The minimum absolute atomic E-state index is 0.621. The summed E-state index contributed by atoms with van der Waals surface area (Å²) in [4.78, 5) is 25.1. The normalized spacial score (nSPS) is 14.7. The quantitative estimate of drug-likeness (QED) is 0.147. The molecule has 0 bridgehead atoms. The van der Waals surface area contributed by atoms with Crippen LogP contribution >= 0.6 is 0 Å². The zero-order chi connectivity index (χ0) is 40.1. The van der Waals surface area contributed by atoms with Gasteiger partial charge < -0.3 is 0 Å². The monoisotopic (exact) mass is 773 g/mol. The second kappa shape index (κ2) is 16.8. The van der Waals surface area contributed by atoms with Crippen molar-refractivity contribution in [2.24, 2.45) is 9.98 Å². The summed E-state index contributed by atoms with van der Waals surface area (Å²) in [5.41, 5.74) is 16.4. The summed E-state index contributed by atoms with van der Waals surface area (Å²) in [6, 6.07) is 51.8. The lowest BCUT2D eigenvalue weighted by molar-refractivity contribution is 1.05. The Balaban J connectivity index is 1.12. The van der Waals surface area contributed by atoms with Gasteiger partial charge in [-0.25, -0.2) is 15.0 Å². The number of aromatic nitrogens is 3. The predicted molar refractivity (Wildman–Crippen MR) is 249 cm³/mol. The molecule has 0 saturated heterocycles. The Labute approximate surface area is 351 Å². The van der Waals surface area contributed by atoms with Crippen molar-refractivity contribution in [3.8, 4) is 67.5 Å². The van der Waals surface area contributed by atoms with Gasteiger partial charge in [-0.2, -0.15) is 0 Å². The maximum absolute atomic E-state index is 5.34. The molecule has 0 amide bonds. The number of aliphatic imine (C=N–C) groups is 2. The third-order valence-electron chi connectivity index (χ3n) is 11.4. The second-order valence-electron chi connectivity index (χ2n) is 15.4. The topological polar surface area (TPSA) is 63.4 Å². The van der Waals surface area contributed by atoms with Crippen LogP contribution in [0.15, 0.2) is 192 Å². The van der Waals surface area contributed by atoms with E-state index < -0.39 is 0 Å². The molecule has 0 unspecified atom stereocenters. The molecule has 2 aliphatic heterocycles. The molecule has 288 valence electrons. The number of rotatable bonds is 9. The number of nitrogens with zero attached hydrogens (tertiary/aromatic N) is 5. The molecule has 0 fully saturated rings. The van der Waals surface area contributed by atoms with Crippen LogP contribution in [0.1, 0.15) is 55.2 Å². The average molecular weight is 774 g/mol. The van der Waals surface area contributed by atoms with Gasteiger partial charge in [0.1, 0.15) is 0 Å². The van der Waals surface area contributed by atoms with Crippen molar-refractivity contribution >= 4 is 23.2 Å². The van der Waals surface area contributed by atoms with Crippen LogP contribution in [0.25, 0.3) is 78.8 Å². The highest BCUT2D eigenvalue weighted by Crippen LogP contribution is 2.37. The summed E-state index contributed by atoms with van der Waals surface area (Å²) in [6.07, 6.45) is 20.9. The van der Waals surface area contributed by atoms with E-state index in [9.17, 15) is 0 Å². The minimum Gasteiger partial charge on any atom is -0.261 e. The van der Waals surface area contributed by atoms with E-state index >= 15 is 0 Å². The van der Waals surface area contributed by atoms with Crippen molar-refractivity contribution in [1.82, 2.24) is 15.0 Å². The standard InChI is InChI=1S/C55H43N5/c1-4-14-38(15-5-1)45-32-47(40-22-26-42(27-23-40)51-20-10-12-30-56-51)36-49(34-45)54-58-53(44-18-8-3-9-19-44)59-55(60-54)50-35-46(39-16-6-2-7-17-39)33-48(37-50)41-24-28-43(29-25-41)52-21-11-13-31-57-52/h1-6,8-9,12,14-16,18-19,21-37H,7,10-11,13,17,20H2. The van der Waals surface area contributed by atoms with Crippen LogP contribution < -0.4 is 0 Å². The summed E-state index contributed by atoms with van der Waals surface area (Å²) in [7, 11) is 0. The van der Waals surface area contributed by atoms with Gasteiger partial charge >= 0.3 is 0 Å². The van der Waals surface area contributed by atoms with Crippen molar-refractivity contribution in [1.29, 1.82) is 0 Å². The van der Waals surface area contributed by atoms with E-state index in [1.165, 1.54) is 11.1 Å². The molecule has 6 aromatic carbocycles. The third kappa shape index (κ3) is 8.03.